The van der Waals surface area contributed by atoms with Crippen molar-refractivity contribution in [2.45, 2.75) is 18.9 Å². The molecule has 0 bridgehead atoms. The van der Waals surface area contributed by atoms with E-state index in [1.54, 1.807) is 6.92 Å². The van der Waals surface area contributed by atoms with Crippen molar-refractivity contribution < 1.29 is 30.9 Å². The number of rotatable bonds is 4. The molecule has 84 valence electrons. The molecule has 0 atom stereocenters. The minimum atomic E-state index is -5.56. The fourth-order valence-electron chi connectivity index (χ4n) is 0.431. The Hall–Kier alpha value is -0.760. The van der Waals surface area contributed by atoms with E-state index in [4.69, 9.17) is 5.11 Å². The standard InChI is InChI=1S/C6H9F3O4S/c1-2-5(10)3-4-13-14(11,12)6(7,8)9/h3,10H,2,4H2,1H3/b5-3+. The highest BCUT2D eigenvalue weighted by Gasteiger charge is 2.47. The number of aliphatic hydroxyl groups is 1. The zero-order chi connectivity index (χ0) is 11.4. The maximum atomic E-state index is 11.6. The summed E-state index contributed by atoms with van der Waals surface area (Å²) >= 11 is 0. The van der Waals surface area contributed by atoms with Gasteiger partial charge < -0.3 is 5.11 Å². The Morgan fingerprint density at radius 3 is 2.36 bits per heavy atom. The Morgan fingerprint density at radius 2 is 2.00 bits per heavy atom. The molecule has 0 amide bonds. The van der Waals surface area contributed by atoms with Crippen LogP contribution < -0.4 is 0 Å². The summed E-state index contributed by atoms with van der Waals surface area (Å²) < 4.78 is 59.0. The summed E-state index contributed by atoms with van der Waals surface area (Å²) in [5.41, 5.74) is -5.43. The first-order chi connectivity index (χ1) is 6.20. The predicted octanol–water partition coefficient (Wildman–Crippen LogP) is 1.70. The van der Waals surface area contributed by atoms with E-state index in [0.29, 0.717) is 0 Å². The number of alkyl halides is 3. The van der Waals surface area contributed by atoms with Gasteiger partial charge in [-0.3, -0.25) is 4.18 Å². The molecule has 0 radical (unpaired) electrons. The number of hydrogen-bond donors (Lipinski definition) is 1. The zero-order valence-corrected chi connectivity index (χ0v) is 8.02. The van der Waals surface area contributed by atoms with Crippen molar-refractivity contribution in [1.29, 1.82) is 0 Å². The van der Waals surface area contributed by atoms with E-state index >= 15 is 0 Å². The molecule has 0 aromatic heterocycles. The van der Waals surface area contributed by atoms with Crippen LogP contribution in [0.1, 0.15) is 13.3 Å². The Kier molecular flexibility index (Phi) is 4.40. The molecule has 0 heterocycles. The molecule has 1 N–H and O–H groups in total. The van der Waals surface area contributed by atoms with Crippen molar-refractivity contribution in [2.75, 3.05) is 6.61 Å². The molecule has 0 unspecified atom stereocenters. The van der Waals surface area contributed by atoms with Crippen LogP contribution in [-0.2, 0) is 14.3 Å². The lowest BCUT2D eigenvalue weighted by Crippen LogP contribution is -2.25. The van der Waals surface area contributed by atoms with E-state index in [1.807, 2.05) is 0 Å². The smallest absolute Gasteiger partial charge is 0.513 e. The summed E-state index contributed by atoms with van der Waals surface area (Å²) in [6, 6.07) is 0. The van der Waals surface area contributed by atoms with E-state index in [0.717, 1.165) is 6.08 Å². The van der Waals surface area contributed by atoms with Crippen molar-refractivity contribution >= 4 is 10.1 Å². The largest absolute Gasteiger partial charge is 0.523 e. The van der Waals surface area contributed by atoms with Gasteiger partial charge in [0.1, 0.15) is 0 Å². The maximum absolute atomic E-state index is 11.6. The highest BCUT2D eigenvalue weighted by atomic mass is 32.2. The van der Waals surface area contributed by atoms with E-state index in [1.165, 1.54) is 0 Å². The van der Waals surface area contributed by atoms with Crippen LogP contribution in [0.15, 0.2) is 11.8 Å². The summed E-state index contributed by atoms with van der Waals surface area (Å²) in [4.78, 5) is 0. The van der Waals surface area contributed by atoms with Crippen LogP contribution in [0.25, 0.3) is 0 Å². The van der Waals surface area contributed by atoms with Crippen LogP contribution in [0.3, 0.4) is 0 Å². The quantitative estimate of drug-likeness (QED) is 0.457. The third-order valence-corrected chi connectivity index (χ3v) is 2.20. The van der Waals surface area contributed by atoms with Crippen LogP contribution >= 0.6 is 0 Å². The van der Waals surface area contributed by atoms with Gasteiger partial charge in [0.2, 0.25) is 0 Å². The third kappa shape index (κ3) is 3.97. The number of halogens is 3. The normalized spacial score (nSPS) is 14.4. The molecule has 0 aliphatic rings. The second kappa shape index (κ2) is 4.65. The molecule has 0 saturated carbocycles. The lowest BCUT2D eigenvalue weighted by molar-refractivity contribution is -0.0535. The van der Waals surface area contributed by atoms with E-state index in [-0.39, 0.29) is 12.2 Å². The van der Waals surface area contributed by atoms with Gasteiger partial charge in [-0.2, -0.15) is 21.6 Å². The highest BCUT2D eigenvalue weighted by Crippen LogP contribution is 2.24. The Balaban J connectivity index is 4.30. The van der Waals surface area contributed by atoms with E-state index in [9.17, 15) is 21.6 Å². The van der Waals surface area contributed by atoms with Gasteiger partial charge >= 0.3 is 15.6 Å². The van der Waals surface area contributed by atoms with Crippen LogP contribution in [0.5, 0.6) is 0 Å². The fraction of sp³-hybridized carbons (Fsp3) is 0.667. The first-order valence-corrected chi connectivity index (χ1v) is 4.95. The van der Waals surface area contributed by atoms with Crippen LogP contribution in [0, 0.1) is 0 Å². The highest BCUT2D eigenvalue weighted by molar-refractivity contribution is 7.87. The average molecular weight is 234 g/mol. The van der Waals surface area contributed by atoms with E-state index < -0.39 is 22.2 Å². The third-order valence-electron chi connectivity index (χ3n) is 1.19. The summed E-state index contributed by atoms with van der Waals surface area (Å²) in [5.74, 6) is -0.234. The summed E-state index contributed by atoms with van der Waals surface area (Å²) in [6.45, 7) is 0.714. The van der Waals surface area contributed by atoms with Crippen molar-refractivity contribution in [1.82, 2.24) is 0 Å². The summed E-state index contributed by atoms with van der Waals surface area (Å²) in [6.07, 6.45) is 1.04. The van der Waals surface area contributed by atoms with Gasteiger partial charge in [0.25, 0.3) is 0 Å². The topological polar surface area (TPSA) is 63.6 Å². The molecule has 0 saturated heterocycles. The monoisotopic (exact) mass is 234 g/mol. The lowest BCUT2D eigenvalue weighted by atomic mass is 10.4. The Bertz CT molecular complexity index is 304. The number of allylic oxidation sites excluding steroid dienone is 1. The first-order valence-electron chi connectivity index (χ1n) is 3.54. The molecule has 4 nitrogen and oxygen atoms in total. The SMILES string of the molecule is CC/C(O)=C\COS(=O)(=O)C(F)(F)F. The van der Waals surface area contributed by atoms with Gasteiger partial charge in [0.15, 0.2) is 0 Å². The van der Waals surface area contributed by atoms with Crippen LogP contribution in [0.2, 0.25) is 0 Å². The van der Waals surface area contributed by atoms with Crippen molar-refractivity contribution in [2.24, 2.45) is 0 Å². The predicted molar refractivity (Wildman–Crippen MR) is 41.9 cm³/mol. The van der Waals surface area contributed by atoms with Gasteiger partial charge in [-0.25, -0.2) is 0 Å². The second-order valence-electron chi connectivity index (χ2n) is 2.23. The summed E-state index contributed by atoms with van der Waals surface area (Å²) in [7, 11) is -5.56. The molecule has 0 aromatic rings. The number of aliphatic hydroxyl groups excluding tert-OH is 1. The van der Waals surface area contributed by atoms with Gasteiger partial charge in [0.05, 0.1) is 12.4 Å². The Morgan fingerprint density at radius 1 is 1.50 bits per heavy atom. The first kappa shape index (κ1) is 13.2. The van der Waals surface area contributed by atoms with Crippen molar-refractivity contribution in [3.05, 3.63) is 11.8 Å². The van der Waals surface area contributed by atoms with E-state index in [2.05, 4.69) is 4.18 Å². The molecule has 0 aromatic carbocycles. The number of hydrogen-bond acceptors (Lipinski definition) is 4. The van der Waals surface area contributed by atoms with Crippen molar-refractivity contribution in [3.8, 4) is 0 Å². The molecular formula is C6H9F3O4S. The van der Waals surface area contributed by atoms with Gasteiger partial charge in [-0.05, 0) is 6.08 Å². The Labute approximate surface area is 79.1 Å². The average Bonchev–Trinajstić information content (AvgIpc) is 2.01. The van der Waals surface area contributed by atoms with Crippen LogP contribution in [0.4, 0.5) is 13.2 Å². The van der Waals surface area contributed by atoms with Gasteiger partial charge in [-0.1, -0.05) is 6.92 Å². The molecule has 8 heteroatoms. The summed E-state index contributed by atoms with van der Waals surface area (Å²) in [5, 5.41) is 8.76. The minimum Gasteiger partial charge on any atom is -0.513 e. The zero-order valence-electron chi connectivity index (χ0n) is 7.21. The molecular weight excluding hydrogens is 225 g/mol. The minimum absolute atomic E-state index is 0.190. The second-order valence-corrected chi connectivity index (χ2v) is 3.84. The molecule has 0 aliphatic carbocycles. The maximum Gasteiger partial charge on any atom is 0.523 e. The van der Waals surface area contributed by atoms with Gasteiger partial charge in [0, 0.05) is 6.42 Å². The molecule has 14 heavy (non-hydrogen) atoms. The molecule has 0 fully saturated rings. The molecule has 0 rings (SSSR count). The van der Waals surface area contributed by atoms with Crippen LogP contribution in [-0.4, -0.2) is 25.6 Å². The van der Waals surface area contributed by atoms with Gasteiger partial charge in [-0.15, -0.1) is 0 Å². The molecule has 0 aliphatic heterocycles. The van der Waals surface area contributed by atoms with Crippen molar-refractivity contribution in [3.63, 3.8) is 0 Å². The molecule has 0 spiro atoms. The fourth-order valence-corrected chi connectivity index (χ4v) is 0.812. The lowest BCUT2D eigenvalue weighted by Gasteiger charge is -2.06.